The van der Waals surface area contributed by atoms with E-state index in [9.17, 15) is 4.79 Å². The van der Waals surface area contributed by atoms with Crippen LogP contribution in [0.4, 0.5) is 0 Å². The topological polar surface area (TPSA) is 50.8 Å². The summed E-state index contributed by atoms with van der Waals surface area (Å²) in [6.45, 7) is 5.07. The van der Waals surface area contributed by atoms with E-state index < -0.39 is 0 Å². The van der Waals surface area contributed by atoms with Gasteiger partial charge in [-0.2, -0.15) is 0 Å². The van der Waals surface area contributed by atoms with Crippen molar-refractivity contribution in [1.29, 1.82) is 0 Å². The quantitative estimate of drug-likeness (QED) is 0.925. The Morgan fingerprint density at radius 2 is 2.17 bits per heavy atom. The number of nitrogens with zero attached hydrogens (tertiary/aromatic N) is 1. The zero-order valence-electron chi connectivity index (χ0n) is 13.6. The van der Waals surface area contributed by atoms with Crippen LogP contribution in [0.15, 0.2) is 18.2 Å². The largest absolute Gasteiger partial charge is 0.454 e. The first-order valence-corrected chi connectivity index (χ1v) is 8.62. The molecule has 1 N–H and O–H groups in total. The van der Waals surface area contributed by atoms with E-state index >= 15 is 0 Å². The van der Waals surface area contributed by atoms with Gasteiger partial charge in [-0.25, -0.2) is 0 Å². The number of hydrogen-bond acceptors (Lipinski definition) is 4. The minimum absolute atomic E-state index is 0.310. The van der Waals surface area contributed by atoms with Crippen molar-refractivity contribution in [2.75, 3.05) is 19.9 Å². The zero-order chi connectivity index (χ0) is 15.8. The lowest BCUT2D eigenvalue weighted by molar-refractivity contribution is -0.134. The van der Waals surface area contributed by atoms with Gasteiger partial charge in [0.2, 0.25) is 12.7 Å². The van der Waals surface area contributed by atoms with Gasteiger partial charge in [0.15, 0.2) is 11.5 Å². The summed E-state index contributed by atoms with van der Waals surface area (Å²) in [6.07, 6.45) is 3.20. The van der Waals surface area contributed by atoms with Gasteiger partial charge in [0.05, 0.1) is 0 Å². The highest BCUT2D eigenvalue weighted by molar-refractivity contribution is 5.81. The van der Waals surface area contributed by atoms with Crippen molar-refractivity contribution < 1.29 is 14.3 Å². The molecule has 2 heterocycles. The first-order chi connectivity index (χ1) is 11.2. The third-order valence-corrected chi connectivity index (χ3v) is 5.18. The molecule has 5 heteroatoms. The number of hydrogen-bond donors (Lipinski definition) is 1. The number of carbonyl (C=O) groups is 1. The summed E-state index contributed by atoms with van der Waals surface area (Å²) in [5.74, 6) is 2.88. The van der Waals surface area contributed by atoms with E-state index in [0.29, 0.717) is 30.6 Å². The van der Waals surface area contributed by atoms with Crippen LogP contribution in [0.2, 0.25) is 0 Å². The molecule has 0 unspecified atom stereocenters. The summed E-state index contributed by atoms with van der Waals surface area (Å²) < 4.78 is 11.0. The number of rotatable bonds is 4. The van der Waals surface area contributed by atoms with Crippen LogP contribution in [0.3, 0.4) is 0 Å². The molecule has 4 rings (SSSR count). The van der Waals surface area contributed by atoms with Gasteiger partial charge < -0.3 is 19.7 Å². The lowest BCUT2D eigenvalue weighted by atomic mass is 9.93. The molecule has 2 atom stereocenters. The number of fused-ring (bicyclic) bond motifs is 1. The fraction of sp³-hybridized carbons (Fsp3) is 0.611. The maximum atomic E-state index is 12.2. The Labute approximate surface area is 136 Å². The Kier molecular flexibility index (Phi) is 3.89. The van der Waals surface area contributed by atoms with Gasteiger partial charge >= 0.3 is 0 Å². The molecular formula is C18H24N2O3. The highest BCUT2D eigenvalue weighted by Gasteiger charge is 2.36. The Hall–Kier alpha value is -1.75. The van der Waals surface area contributed by atoms with Gasteiger partial charge in [-0.15, -0.1) is 0 Å². The highest BCUT2D eigenvalue weighted by atomic mass is 16.7. The number of benzene rings is 1. The molecule has 2 aliphatic heterocycles. The standard InChI is InChI=1S/C18H24N2O3/c1-12-10-20(18(21)13-5-6-13)8-7-15(12)19-9-14-3-2-4-16-17(14)23-11-22-16/h2-4,12-13,15,19H,5-11H2,1H3/t12-,15-/m0/s1. The highest BCUT2D eigenvalue weighted by Crippen LogP contribution is 2.36. The maximum Gasteiger partial charge on any atom is 0.231 e. The first-order valence-electron chi connectivity index (χ1n) is 8.62. The molecule has 0 spiro atoms. The molecule has 0 bridgehead atoms. The average molecular weight is 316 g/mol. The lowest BCUT2D eigenvalue weighted by Crippen LogP contribution is -2.50. The van der Waals surface area contributed by atoms with Gasteiger partial charge in [0, 0.05) is 37.2 Å². The molecule has 1 saturated carbocycles. The summed E-state index contributed by atoms with van der Waals surface area (Å²) in [5, 5.41) is 3.65. The second-order valence-corrected chi connectivity index (χ2v) is 6.96. The second-order valence-electron chi connectivity index (χ2n) is 6.96. The van der Waals surface area contributed by atoms with Crippen molar-refractivity contribution in [2.24, 2.45) is 11.8 Å². The fourth-order valence-electron chi connectivity index (χ4n) is 3.61. The average Bonchev–Trinajstić information content (AvgIpc) is 3.30. The van der Waals surface area contributed by atoms with E-state index in [1.165, 1.54) is 0 Å². The number of nitrogens with one attached hydrogen (secondary N) is 1. The van der Waals surface area contributed by atoms with Crippen molar-refractivity contribution in [3.63, 3.8) is 0 Å². The smallest absolute Gasteiger partial charge is 0.231 e. The minimum atomic E-state index is 0.310. The van der Waals surface area contributed by atoms with E-state index in [1.807, 2.05) is 12.1 Å². The van der Waals surface area contributed by atoms with Crippen LogP contribution < -0.4 is 14.8 Å². The molecule has 0 aromatic heterocycles. The van der Waals surface area contributed by atoms with E-state index in [1.54, 1.807) is 0 Å². The molecule has 1 aromatic rings. The maximum absolute atomic E-state index is 12.2. The van der Waals surface area contributed by atoms with Crippen LogP contribution in [0.25, 0.3) is 0 Å². The first kappa shape index (κ1) is 14.8. The Morgan fingerprint density at radius 1 is 1.30 bits per heavy atom. The van der Waals surface area contributed by atoms with Gasteiger partial charge in [0.25, 0.3) is 0 Å². The van der Waals surface area contributed by atoms with Gasteiger partial charge in [-0.05, 0) is 31.2 Å². The predicted octanol–water partition coefficient (Wildman–Crippen LogP) is 2.15. The monoisotopic (exact) mass is 316 g/mol. The van der Waals surface area contributed by atoms with E-state index in [4.69, 9.17) is 9.47 Å². The number of piperidine rings is 1. The van der Waals surface area contributed by atoms with E-state index in [0.717, 1.165) is 56.0 Å². The molecule has 124 valence electrons. The Bertz CT molecular complexity index is 600. The molecule has 2 fully saturated rings. The molecule has 1 aromatic carbocycles. The zero-order valence-corrected chi connectivity index (χ0v) is 13.6. The van der Waals surface area contributed by atoms with Gasteiger partial charge in [0.1, 0.15) is 0 Å². The van der Waals surface area contributed by atoms with Crippen molar-refractivity contribution >= 4 is 5.91 Å². The molecular weight excluding hydrogens is 292 g/mol. The van der Waals surface area contributed by atoms with E-state index in [2.05, 4.69) is 23.2 Å². The summed E-state index contributed by atoms with van der Waals surface area (Å²) in [6, 6.07) is 6.47. The van der Waals surface area contributed by atoms with Crippen molar-refractivity contribution in [3.8, 4) is 11.5 Å². The van der Waals surface area contributed by atoms with Crippen molar-refractivity contribution in [3.05, 3.63) is 23.8 Å². The van der Waals surface area contributed by atoms with Gasteiger partial charge in [-0.3, -0.25) is 4.79 Å². The lowest BCUT2D eigenvalue weighted by Gasteiger charge is -2.37. The molecule has 5 nitrogen and oxygen atoms in total. The summed E-state index contributed by atoms with van der Waals surface area (Å²) in [7, 11) is 0. The summed E-state index contributed by atoms with van der Waals surface area (Å²) in [4.78, 5) is 14.3. The van der Waals surface area contributed by atoms with Crippen LogP contribution in [-0.2, 0) is 11.3 Å². The summed E-state index contributed by atoms with van der Waals surface area (Å²) >= 11 is 0. The van der Waals surface area contributed by atoms with Crippen LogP contribution >= 0.6 is 0 Å². The van der Waals surface area contributed by atoms with Crippen LogP contribution in [0.1, 0.15) is 31.7 Å². The third kappa shape index (κ3) is 3.02. The Morgan fingerprint density at radius 3 is 2.96 bits per heavy atom. The van der Waals surface area contributed by atoms with Crippen LogP contribution in [-0.4, -0.2) is 36.7 Å². The minimum Gasteiger partial charge on any atom is -0.454 e. The molecule has 3 aliphatic rings. The number of likely N-dealkylation sites (tertiary alicyclic amines) is 1. The third-order valence-electron chi connectivity index (χ3n) is 5.18. The number of carbonyl (C=O) groups excluding carboxylic acids is 1. The van der Waals surface area contributed by atoms with Crippen LogP contribution in [0.5, 0.6) is 11.5 Å². The summed E-state index contributed by atoms with van der Waals surface area (Å²) in [5.41, 5.74) is 1.14. The Balaban J connectivity index is 1.33. The van der Waals surface area contributed by atoms with Crippen molar-refractivity contribution in [2.45, 2.75) is 38.8 Å². The van der Waals surface area contributed by atoms with Crippen LogP contribution in [0, 0.1) is 11.8 Å². The normalized spacial score (nSPS) is 26.4. The van der Waals surface area contributed by atoms with E-state index in [-0.39, 0.29) is 0 Å². The number of amides is 1. The fourth-order valence-corrected chi connectivity index (χ4v) is 3.61. The molecule has 1 saturated heterocycles. The SMILES string of the molecule is C[C@H]1CN(C(=O)C2CC2)CC[C@@H]1NCc1cccc2c1OCO2. The van der Waals surface area contributed by atoms with Gasteiger partial charge in [-0.1, -0.05) is 19.1 Å². The molecule has 0 radical (unpaired) electrons. The molecule has 23 heavy (non-hydrogen) atoms. The second kappa shape index (κ2) is 6.04. The van der Waals surface area contributed by atoms with Crippen molar-refractivity contribution in [1.82, 2.24) is 10.2 Å². The number of para-hydroxylation sites is 1. The molecule has 1 aliphatic carbocycles. The predicted molar refractivity (Wildman–Crippen MR) is 86.3 cm³/mol. The number of ether oxygens (including phenoxy) is 2. The molecule has 1 amide bonds.